The van der Waals surface area contributed by atoms with Gasteiger partial charge in [0, 0.05) is 29.6 Å². The third-order valence-corrected chi connectivity index (χ3v) is 3.45. The number of nitrogens with two attached hydrogens (primary N) is 1. The second kappa shape index (κ2) is 6.09. The second-order valence-electron chi connectivity index (χ2n) is 5.54. The number of nitrogens with zero attached hydrogens (tertiary/aromatic N) is 1. The minimum atomic E-state index is 0.256. The van der Waals surface area contributed by atoms with Crippen LogP contribution in [0.3, 0.4) is 0 Å². The van der Waals surface area contributed by atoms with E-state index in [9.17, 15) is 0 Å². The van der Waals surface area contributed by atoms with Gasteiger partial charge in [-0.15, -0.1) is 0 Å². The van der Waals surface area contributed by atoms with Crippen molar-refractivity contribution < 1.29 is 4.74 Å². The molecule has 3 N–H and O–H groups in total. The number of benzene rings is 1. The van der Waals surface area contributed by atoms with Crippen LogP contribution in [-0.2, 0) is 4.74 Å². The van der Waals surface area contributed by atoms with Crippen molar-refractivity contribution in [1.82, 2.24) is 4.98 Å². The monoisotopic (exact) mass is 273 g/mol. The molecule has 0 fully saturated rings. The fourth-order valence-electron chi connectivity index (χ4n) is 2.28. The molecule has 0 aliphatic carbocycles. The van der Waals surface area contributed by atoms with Crippen molar-refractivity contribution in [3.63, 3.8) is 0 Å². The quantitative estimate of drug-likeness (QED) is 0.821. The van der Waals surface area contributed by atoms with Gasteiger partial charge < -0.3 is 15.8 Å². The summed E-state index contributed by atoms with van der Waals surface area (Å²) in [5, 5.41) is 4.62. The molecule has 0 aliphatic heterocycles. The molecular weight excluding hydrogens is 250 g/mol. The van der Waals surface area contributed by atoms with Gasteiger partial charge in [-0.25, -0.2) is 0 Å². The minimum absolute atomic E-state index is 0.256. The topological polar surface area (TPSA) is 60.2 Å². The molecule has 0 saturated carbocycles. The molecule has 0 radical (unpaired) electrons. The molecule has 1 atom stereocenters. The number of nitrogen functional groups attached to an aromatic ring is 1. The molecule has 1 aromatic carbocycles. The predicted octanol–water partition coefficient (Wildman–Crippen LogP) is 3.21. The fraction of sp³-hybridized carbons (Fsp3) is 0.438. The summed E-state index contributed by atoms with van der Waals surface area (Å²) in [6, 6.07) is 8.13. The Morgan fingerprint density at radius 3 is 2.70 bits per heavy atom. The molecular formula is C16H23N3O. The van der Waals surface area contributed by atoms with Crippen molar-refractivity contribution in [1.29, 1.82) is 0 Å². The molecule has 0 spiro atoms. The molecule has 20 heavy (non-hydrogen) atoms. The van der Waals surface area contributed by atoms with E-state index < -0.39 is 0 Å². The Kier molecular flexibility index (Phi) is 4.45. The van der Waals surface area contributed by atoms with E-state index in [0.717, 1.165) is 28.0 Å². The predicted molar refractivity (Wildman–Crippen MR) is 85.0 cm³/mol. The highest BCUT2D eigenvalue weighted by molar-refractivity contribution is 5.93. The number of pyridine rings is 1. The van der Waals surface area contributed by atoms with E-state index in [1.54, 1.807) is 7.11 Å². The number of methoxy groups -OCH3 is 1. The van der Waals surface area contributed by atoms with Crippen LogP contribution in [0.1, 0.15) is 19.5 Å². The van der Waals surface area contributed by atoms with Crippen molar-refractivity contribution in [2.75, 3.05) is 24.8 Å². The number of ether oxygens (including phenoxy) is 1. The Morgan fingerprint density at radius 1 is 1.30 bits per heavy atom. The van der Waals surface area contributed by atoms with E-state index in [4.69, 9.17) is 10.5 Å². The van der Waals surface area contributed by atoms with E-state index in [0.29, 0.717) is 12.5 Å². The van der Waals surface area contributed by atoms with Crippen LogP contribution in [0.25, 0.3) is 10.9 Å². The molecule has 0 bridgehead atoms. The average Bonchev–Trinajstić information content (AvgIpc) is 2.38. The number of rotatable bonds is 5. The van der Waals surface area contributed by atoms with Crippen molar-refractivity contribution in [2.24, 2.45) is 5.92 Å². The highest BCUT2D eigenvalue weighted by atomic mass is 16.5. The molecule has 2 rings (SSSR count). The Balaban J connectivity index is 2.44. The number of anilines is 2. The Hall–Kier alpha value is -1.81. The summed E-state index contributed by atoms with van der Waals surface area (Å²) in [5.74, 6) is 0.472. The lowest BCUT2D eigenvalue weighted by Crippen LogP contribution is -2.30. The third kappa shape index (κ3) is 3.20. The number of hydrogen-bond donors (Lipinski definition) is 2. The van der Waals surface area contributed by atoms with Gasteiger partial charge in [0.15, 0.2) is 0 Å². The summed E-state index contributed by atoms with van der Waals surface area (Å²) in [7, 11) is 1.73. The van der Waals surface area contributed by atoms with Gasteiger partial charge >= 0.3 is 0 Å². The van der Waals surface area contributed by atoms with Gasteiger partial charge in [-0.1, -0.05) is 13.8 Å². The van der Waals surface area contributed by atoms with Gasteiger partial charge in [0.25, 0.3) is 0 Å². The van der Waals surface area contributed by atoms with Gasteiger partial charge in [-0.2, -0.15) is 0 Å². The molecule has 0 amide bonds. The van der Waals surface area contributed by atoms with Gasteiger partial charge in [0.2, 0.25) is 0 Å². The molecule has 1 aromatic heterocycles. The maximum Gasteiger partial charge on any atom is 0.0727 e. The lowest BCUT2D eigenvalue weighted by atomic mass is 10.0. The molecule has 0 aliphatic rings. The maximum atomic E-state index is 5.90. The smallest absolute Gasteiger partial charge is 0.0727 e. The first kappa shape index (κ1) is 14.6. The van der Waals surface area contributed by atoms with E-state index in [-0.39, 0.29) is 6.04 Å². The minimum Gasteiger partial charge on any atom is -0.399 e. The van der Waals surface area contributed by atoms with E-state index in [1.807, 2.05) is 25.1 Å². The first-order valence-corrected chi connectivity index (χ1v) is 6.93. The molecule has 4 nitrogen and oxygen atoms in total. The highest BCUT2D eigenvalue weighted by Crippen LogP contribution is 2.26. The van der Waals surface area contributed by atoms with Gasteiger partial charge in [-0.3, -0.25) is 4.98 Å². The zero-order valence-electron chi connectivity index (χ0n) is 12.6. The number of aryl methyl sites for hydroxylation is 1. The molecule has 1 unspecified atom stereocenters. The second-order valence-corrected chi connectivity index (χ2v) is 5.54. The molecule has 1 heterocycles. The lowest BCUT2D eigenvalue weighted by molar-refractivity contribution is 0.171. The van der Waals surface area contributed by atoms with Crippen molar-refractivity contribution in [3.8, 4) is 0 Å². The van der Waals surface area contributed by atoms with Crippen LogP contribution in [0.4, 0.5) is 11.4 Å². The third-order valence-electron chi connectivity index (χ3n) is 3.45. The van der Waals surface area contributed by atoms with Crippen LogP contribution in [0.15, 0.2) is 24.3 Å². The average molecular weight is 273 g/mol. The number of nitrogens with one attached hydrogen (secondary N) is 1. The van der Waals surface area contributed by atoms with Crippen molar-refractivity contribution in [2.45, 2.75) is 26.8 Å². The van der Waals surface area contributed by atoms with Gasteiger partial charge in [0.1, 0.15) is 0 Å². The summed E-state index contributed by atoms with van der Waals surface area (Å²) in [6.07, 6.45) is 0. The van der Waals surface area contributed by atoms with Crippen LogP contribution in [-0.4, -0.2) is 24.7 Å². The van der Waals surface area contributed by atoms with Crippen molar-refractivity contribution >= 4 is 22.3 Å². The van der Waals surface area contributed by atoms with Crippen LogP contribution in [0.2, 0.25) is 0 Å². The van der Waals surface area contributed by atoms with Crippen molar-refractivity contribution in [3.05, 3.63) is 30.0 Å². The van der Waals surface area contributed by atoms with Crippen LogP contribution in [0, 0.1) is 12.8 Å². The SMILES string of the molecule is COCC(Nc1cc(C)nc2ccc(N)cc12)C(C)C. The lowest BCUT2D eigenvalue weighted by Gasteiger charge is -2.24. The summed E-state index contributed by atoms with van der Waals surface area (Å²) < 4.78 is 5.30. The standard InChI is InChI=1S/C16H23N3O/c1-10(2)16(9-20-4)19-15-7-11(3)18-14-6-5-12(17)8-13(14)15/h5-8,10,16H,9,17H2,1-4H3,(H,18,19). The summed E-state index contributed by atoms with van der Waals surface area (Å²) in [6.45, 7) is 7.03. The molecule has 4 heteroatoms. The Morgan fingerprint density at radius 2 is 2.05 bits per heavy atom. The number of fused-ring (bicyclic) bond motifs is 1. The number of hydrogen-bond acceptors (Lipinski definition) is 4. The van der Waals surface area contributed by atoms with E-state index in [2.05, 4.69) is 30.2 Å². The summed E-state index contributed by atoms with van der Waals surface area (Å²) in [4.78, 5) is 4.55. The number of aromatic nitrogens is 1. The summed E-state index contributed by atoms with van der Waals surface area (Å²) in [5.41, 5.74) is 9.66. The van der Waals surface area contributed by atoms with Crippen LogP contribution < -0.4 is 11.1 Å². The van der Waals surface area contributed by atoms with Gasteiger partial charge in [-0.05, 0) is 37.1 Å². The molecule has 0 saturated heterocycles. The fourth-order valence-corrected chi connectivity index (χ4v) is 2.28. The van der Waals surface area contributed by atoms with E-state index >= 15 is 0 Å². The zero-order chi connectivity index (χ0) is 14.7. The molecule has 2 aromatic rings. The molecule has 108 valence electrons. The zero-order valence-corrected chi connectivity index (χ0v) is 12.6. The Bertz CT molecular complexity index is 596. The normalized spacial score (nSPS) is 12.8. The Labute approximate surface area is 120 Å². The first-order valence-electron chi connectivity index (χ1n) is 6.93. The van der Waals surface area contributed by atoms with Crippen LogP contribution >= 0.6 is 0 Å². The highest BCUT2D eigenvalue weighted by Gasteiger charge is 2.15. The maximum absolute atomic E-state index is 5.90. The first-order chi connectivity index (χ1) is 9.51. The largest absolute Gasteiger partial charge is 0.399 e. The van der Waals surface area contributed by atoms with Crippen LogP contribution in [0.5, 0.6) is 0 Å². The summed E-state index contributed by atoms with van der Waals surface area (Å²) >= 11 is 0. The van der Waals surface area contributed by atoms with E-state index in [1.165, 1.54) is 0 Å². The van der Waals surface area contributed by atoms with Gasteiger partial charge in [0.05, 0.1) is 18.2 Å².